The van der Waals surface area contributed by atoms with Crippen molar-refractivity contribution in [2.75, 3.05) is 23.3 Å². The molecule has 0 aliphatic carbocycles. The van der Waals surface area contributed by atoms with Gasteiger partial charge in [-0.25, -0.2) is 0 Å². The number of anilines is 2. The Kier molecular flexibility index (Phi) is 4.20. The Balaban J connectivity index is 1.68. The van der Waals surface area contributed by atoms with Gasteiger partial charge in [0.1, 0.15) is 0 Å². The SMILES string of the molecule is Cc1cc(C(C)Nc2ccc(N3CCCC3)cc2)c(C)s1. The molecule has 1 aromatic carbocycles. The van der Waals surface area contributed by atoms with Gasteiger partial charge in [0.05, 0.1) is 0 Å². The molecule has 3 rings (SSSR count). The van der Waals surface area contributed by atoms with Crippen molar-refractivity contribution in [1.82, 2.24) is 0 Å². The lowest BCUT2D eigenvalue weighted by Gasteiger charge is -2.19. The highest BCUT2D eigenvalue weighted by molar-refractivity contribution is 7.12. The Morgan fingerprint density at radius 2 is 1.76 bits per heavy atom. The summed E-state index contributed by atoms with van der Waals surface area (Å²) in [5.74, 6) is 0. The van der Waals surface area contributed by atoms with Gasteiger partial charge in [-0.15, -0.1) is 11.3 Å². The normalized spacial score (nSPS) is 16.2. The molecule has 2 heterocycles. The summed E-state index contributed by atoms with van der Waals surface area (Å²) in [4.78, 5) is 5.28. The van der Waals surface area contributed by atoms with E-state index in [0.29, 0.717) is 6.04 Å². The molecule has 0 saturated carbocycles. The van der Waals surface area contributed by atoms with E-state index in [-0.39, 0.29) is 0 Å². The number of nitrogens with one attached hydrogen (secondary N) is 1. The third-order valence-electron chi connectivity index (χ3n) is 4.27. The Labute approximate surface area is 131 Å². The number of hydrogen-bond acceptors (Lipinski definition) is 3. The zero-order valence-electron chi connectivity index (χ0n) is 13.1. The van der Waals surface area contributed by atoms with E-state index in [1.807, 2.05) is 11.3 Å². The lowest BCUT2D eigenvalue weighted by Crippen LogP contribution is -2.17. The van der Waals surface area contributed by atoms with E-state index in [2.05, 4.69) is 61.3 Å². The number of thiophene rings is 1. The minimum absolute atomic E-state index is 0.354. The van der Waals surface area contributed by atoms with Gasteiger partial charge in [-0.3, -0.25) is 0 Å². The maximum Gasteiger partial charge on any atom is 0.0496 e. The lowest BCUT2D eigenvalue weighted by molar-refractivity contribution is 0.881. The monoisotopic (exact) mass is 300 g/mol. The largest absolute Gasteiger partial charge is 0.378 e. The summed E-state index contributed by atoms with van der Waals surface area (Å²) in [6, 6.07) is 11.6. The van der Waals surface area contributed by atoms with E-state index < -0.39 is 0 Å². The van der Waals surface area contributed by atoms with Crippen LogP contribution in [0.2, 0.25) is 0 Å². The molecule has 1 saturated heterocycles. The maximum absolute atomic E-state index is 3.62. The summed E-state index contributed by atoms with van der Waals surface area (Å²) in [6.45, 7) is 9.04. The average molecular weight is 300 g/mol. The fourth-order valence-corrected chi connectivity index (χ4v) is 4.17. The molecule has 3 heteroatoms. The first-order valence-electron chi connectivity index (χ1n) is 7.82. The molecule has 2 nitrogen and oxygen atoms in total. The molecule has 0 amide bonds. The quantitative estimate of drug-likeness (QED) is 0.841. The van der Waals surface area contributed by atoms with Crippen molar-refractivity contribution in [3.63, 3.8) is 0 Å². The topological polar surface area (TPSA) is 15.3 Å². The van der Waals surface area contributed by atoms with Crippen LogP contribution in [0.1, 0.15) is 41.1 Å². The molecule has 21 heavy (non-hydrogen) atoms. The molecule has 2 aromatic rings. The van der Waals surface area contributed by atoms with Crippen LogP contribution >= 0.6 is 11.3 Å². The summed E-state index contributed by atoms with van der Waals surface area (Å²) >= 11 is 1.88. The molecule has 0 radical (unpaired) electrons. The predicted molar refractivity (Wildman–Crippen MR) is 93.7 cm³/mol. The van der Waals surface area contributed by atoms with Crippen molar-refractivity contribution in [3.8, 4) is 0 Å². The smallest absolute Gasteiger partial charge is 0.0496 e. The van der Waals surface area contributed by atoms with Crippen molar-refractivity contribution in [1.29, 1.82) is 0 Å². The van der Waals surface area contributed by atoms with E-state index in [1.54, 1.807) is 0 Å². The molecule has 1 aliphatic heterocycles. The molecule has 0 bridgehead atoms. The first-order chi connectivity index (χ1) is 10.1. The number of rotatable bonds is 4. The zero-order chi connectivity index (χ0) is 14.8. The fraction of sp³-hybridized carbons (Fsp3) is 0.444. The summed E-state index contributed by atoms with van der Waals surface area (Å²) in [5, 5.41) is 3.62. The third-order valence-corrected chi connectivity index (χ3v) is 5.25. The molecule has 1 fully saturated rings. The van der Waals surface area contributed by atoms with Crippen LogP contribution in [0.5, 0.6) is 0 Å². The van der Waals surface area contributed by atoms with Crippen LogP contribution in [-0.4, -0.2) is 13.1 Å². The second-order valence-corrected chi connectivity index (χ2v) is 7.44. The first-order valence-corrected chi connectivity index (χ1v) is 8.63. The third kappa shape index (κ3) is 3.24. The fourth-order valence-electron chi connectivity index (χ4n) is 3.15. The number of aryl methyl sites for hydroxylation is 2. The van der Waals surface area contributed by atoms with Gasteiger partial charge in [-0.2, -0.15) is 0 Å². The molecular weight excluding hydrogens is 276 g/mol. The van der Waals surface area contributed by atoms with E-state index in [1.165, 1.54) is 52.6 Å². The standard InChI is InChI=1S/C18H24N2S/c1-13-12-18(15(3)21-13)14(2)19-16-6-8-17(9-7-16)20-10-4-5-11-20/h6-9,12,14,19H,4-5,10-11H2,1-3H3. The van der Waals surface area contributed by atoms with Gasteiger partial charge in [-0.1, -0.05) is 0 Å². The molecule has 1 unspecified atom stereocenters. The zero-order valence-corrected chi connectivity index (χ0v) is 14.0. The van der Waals surface area contributed by atoms with E-state index in [4.69, 9.17) is 0 Å². The molecule has 1 aromatic heterocycles. The number of nitrogens with zero attached hydrogens (tertiary/aromatic N) is 1. The van der Waals surface area contributed by atoms with Gasteiger partial charge in [0.15, 0.2) is 0 Å². The van der Waals surface area contributed by atoms with Crippen LogP contribution in [0.3, 0.4) is 0 Å². The van der Waals surface area contributed by atoms with Crippen LogP contribution in [0.15, 0.2) is 30.3 Å². The van der Waals surface area contributed by atoms with Crippen LogP contribution in [0.4, 0.5) is 11.4 Å². The highest BCUT2D eigenvalue weighted by atomic mass is 32.1. The number of hydrogen-bond donors (Lipinski definition) is 1. The van der Waals surface area contributed by atoms with Crippen LogP contribution < -0.4 is 10.2 Å². The molecule has 1 atom stereocenters. The van der Waals surface area contributed by atoms with Gasteiger partial charge in [0.2, 0.25) is 0 Å². The van der Waals surface area contributed by atoms with Gasteiger partial charge in [-0.05, 0) is 69.5 Å². The van der Waals surface area contributed by atoms with Crippen molar-refractivity contribution < 1.29 is 0 Å². The van der Waals surface area contributed by atoms with Crippen molar-refractivity contribution in [2.24, 2.45) is 0 Å². The Morgan fingerprint density at radius 3 is 2.33 bits per heavy atom. The van der Waals surface area contributed by atoms with Gasteiger partial charge >= 0.3 is 0 Å². The molecule has 112 valence electrons. The summed E-state index contributed by atoms with van der Waals surface area (Å²) in [5.41, 5.74) is 3.98. The predicted octanol–water partition coefficient (Wildman–Crippen LogP) is 5.14. The molecule has 1 N–H and O–H groups in total. The molecular formula is C18H24N2S. The molecule has 0 spiro atoms. The summed E-state index contributed by atoms with van der Waals surface area (Å²) < 4.78 is 0. The number of benzene rings is 1. The second-order valence-electron chi connectivity index (χ2n) is 5.98. The second kappa shape index (κ2) is 6.10. The van der Waals surface area contributed by atoms with Crippen molar-refractivity contribution >= 4 is 22.7 Å². The van der Waals surface area contributed by atoms with Gasteiger partial charge in [0, 0.05) is 40.3 Å². The van der Waals surface area contributed by atoms with E-state index in [9.17, 15) is 0 Å². The van der Waals surface area contributed by atoms with Crippen molar-refractivity contribution in [3.05, 3.63) is 45.6 Å². The minimum atomic E-state index is 0.354. The van der Waals surface area contributed by atoms with Crippen LogP contribution in [0, 0.1) is 13.8 Å². The first kappa shape index (κ1) is 14.5. The van der Waals surface area contributed by atoms with Crippen LogP contribution in [0.25, 0.3) is 0 Å². The Hall–Kier alpha value is -1.48. The highest BCUT2D eigenvalue weighted by Crippen LogP contribution is 2.29. The Morgan fingerprint density at radius 1 is 1.10 bits per heavy atom. The maximum atomic E-state index is 3.62. The average Bonchev–Trinajstić information content (AvgIpc) is 3.09. The van der Waals surface area contributed by atoms with Gasteiger partial charge in [0.25, 0.3) is 0 Å². The van der Waals surface area contributed by atoms with Crippen LogP contribution in [-0.2, 0) is 0 Å². The van der Waals surface area contributed by atoms with E-state index >= 15 is 0 Å². The Bertz CT molecular complexity index is 594. The highest BCUT2D eigenvalue weighted by Gasteiger charge is 2.13. The van der Waals surface area contributed by atoms with Gasteiger partial charge < -0.3 is 10.2 Å². The lowest BCUT2D eigenvalue weighted by atomic mass is 10.1. The minimum Gasteiger partial charge on any atom is -0.378 e. The van der Waals surface area contributed by atoms with Crippen molar-refractivity contribution in [2.45, 2.75) is 39.7 Å². The summed E-state index contributed by atoms with van der Waals surface area (Å²) in [7, 11) is 0. The van der Waals surface area contributed by atoms with E-state index in [0.717, 1.165) is 0 Å². The summed E-state index contributed by atoms with van der Waals surface area (Å²) in [6.07, 6.45) is 2.65. The molecule has 1 aliphatic rings.